The molecular weight excluding hydrogens is 190 g/mol. The molecule has 0 aromatic heterocycles. The van der Waals surface area contributed by atoms with Crippen molar-refractivity contribution in [1.29, 1.82) is 0 Å². The quantitative estimate of drug-likeness (QED) is 0.388. The Balaban J connectivity index is 0. The van der Waals surface area contributed by atoms with Crippen molar-refractivity contribution in [1.82, 2.24) is 0 Å². The summed E-state index contributed by atoms with van der Waals surface area (Å²) in [4.78, 5) is 10.7. The minimum atomic E-state index is -1.84. The molecule has 0 saturated heterocycles. The summed E-state index contributed by atoms with van der Waals surface area (Å²) in [5.41, 5.74) is 0. The summed E-state index contributed by atoms with van der Waals surface area (Å²) in [5.74, 6) is 0. The molecule has 11 heavy (non-hydrogen) atoms. The van der Waals surface area contributed by atoms with Crippen molar-refractivity contribution >= 4 is 8.60 Å². The molecule has 0 bridgehead atoms. The number of rotatable bonds is 6. The van der Waals surface area contributed by atoms with Gasteiger partial charge < -0.3 is 13.9 Å². The molecule has 0 spiro atoms. The molecule has 3 nitrogen and oxygen atoms in total. The van der Waals surface area contributed by atoms with Crippen LogP contribution in [0.5, 0.6) is 0 Å². The summed E-state index contributed by atoms with van der Waals surface area (Å²) in [6, 6.07) is 0. The SMILES string of the molecule is CCCOP([O-])OCCC.[K+]. The summed E-state index contributed by atoms with van der Waals surface area (Å²) in [5, 5.41) is 0. The van der Waals surface area contributed by atoms with Gasteiger partial charge in [0.05, 0.1) is 21.8 Å². The van der Waals surface area contributed by atoms with E-state index in [1.165, 1.54) is 0 Å². The van der Waals surface area contributed by atoms with Gasteiger partial charge >= 0.3 is 51.4 Å². The van der Waals surface area contributed by atoms with Crippen LogP contribution in [0.25, 0.3) is 0 Å². The molecule has 0 heterocycles. The van der Waals surface area contributed by atoms with Crippen LogP contribution in [0.3, 0.4) is 0 Å². The van der Waals surface area contributed by atoms with Crippen LogP contribution in [0.1, 0.15) is 26.7 Å². The van der Waals surface area contributed by atoms with E-state index in [4.69, 9.17) is 9.05 Å². The molecule has 0 aromatic rings. The normalized spacial score (nSPS) is 9.82. The van der Waals surface area contributed by atoms with Crippen molar-refractivity contribution in [3.63, 3.8) is 0 Å². The second kappa shape index (κ2) is 11.9. The summed E-state index contributed by atoms with van der Waals surface area (Å²) < 4.78 is 9.56. The van der Waals surface area contributed by atoms with E-state index in [1.54, 1.807) is 0 Å². The molecule has 0 N–H and O–H groups in total. The van der Waals surface area contributed by atoms with Gasteiger partial charge in [-0.15, -0.1) is 0 Å². The van der Waals surface area contributed by atoms with Crippen molar-refractivity contribution in [2.24, 2.45) is 0 Å². The van der Waals surface area contributed by atoms with E-state index in [-0.39, 0.29) is 51.4 Å². The van der Waals surface area contributed by atoms with E-state index in [1.807, 2.05) is 13.8 Å². The minimum Gasteiger partial charge on any atom is -0.786 e. The fraction of sp³-hybridized carbons (Fsp3) is 1.00. The van der Waals surface area contributed by atoms with Crippen molar-refractivity contribution in [3.8, 4) is 0 Å². The van der Waals surface area contributed by atoms with Gasteiger partial charge in [-0.05, 0) is 12.8 Å². The van der Waals surface area contributed by atoms with Gasteiger partial charge in [-0.2, -0.15) is 0 Å². The van der Waals surface area contributed by atoms with Gasteiger partial charge in [0.2, 0.25) is 0 Å². The number of hydrogen-bond donors (Lipinski definition) is 0. The smallest absolute Gasteiger partial charge is 0.786 e. The van der Waals surface area contributed by atoms with Crippen LogP contribution < -0.4 is 56.3 Å². The van der Waals surface area contributed by atoms with Crippen LogP contribution in [0.15, 0.2) is 0 Å². The molecule has 0 fully saturated rings. The van der Waals surface area contributed by atoms with E-state index in [9.17, 15) is 4.89 Å². The van der Waals surface area contributed by atoms with Gasteiger partial charge in [-0.1, -0.05) is 13.8 Å². The van der Waals surface area contributed by atoms with Gasteiger partial charge in [-0.25, -0.2) is 0 Å². The van der Waals surface area contributed by atoms with Crippen LogP contribution >= 0.6 is 8.60 Å². The van der Waals surface area contributed by atoms with E-state index in [0.29, 0.717) is 13.2 Å². The van der Waals surface area contributed by atoms with Crippen LogP contribution in [0.4, 0.5) is 0 Å². The first kappa shape index (κ1) is 15.4. The second-order valence-electron chi connectivity index (χ2n) is 1.89. The molecule has 0 aliphatic carbocycles. The third-order valence-electron chi connectivity index (χ3n) is 0.802. The minimum absolute atomic E-state index is 0. The van der Waals surface area contributed by atoms with E-state index in [0.717, 1.165) is 12.8 Å². The maximum absolute atomic E-state index is 10.7. The Morgan fingerprint density at radius 1 is 1.09 bits per heavy atom. The zero-order valence-electron chi connectivity index (χ0n) is 7.50. The van der Waals surface area contributed by atoms with Crippen molar-refractivity contribution in [3.05, 3.63) is 0 Å². The molecule has 0 amide bonds. The molecule has 0 saturated carbocycles. The van der Waals surface area contributed by atoms with Gasteiger partial charge in [0, 0.05) is 0 Å². The fourth-order valence-electron chi connectivity index (χ4n) is 0.369. The summed E-state index contributed by atoms with van der Waals surface area (Å²) in [6.07, 6.45) is 1.74. The first-order valence-corrected chi connectivity index (χ1v) is 4.63. The van der Waals surface area contributed by atoms with Crippen LogP contribution in [-0.2, 0) is 9.05 Å². The molecule has 0 aliphatic rings. The Bertz CT molecular complexity index is 66.8. The molecule has 0 aliphatic heterocycles. The Hall–Kier alpha value is 1.95. The predicted octanol–water partition coefficient (Wildman–Crippen LogP) is -1.57. The van der Waals surface area contributed by atoms with Gasteiger partial charge in [0.15, 0.2) is 0 Å². The van der Waals surface area contributed by atoms with E-state index >= 15 is 0 Å². The van der Waals surface area contributed by atoms with Gasteiger partial charge in [0.25, 0.3) is 0 Å². The summed E-state index contributed by atoms with van der Waals surface area (Å²) in [6.45, 7) is 4.95. The fourth-order valence-corrected chi connectivity index (χ4v) is 1.11. The Morgan fingerprint density at radius 2 is 1.45 bits per heavy atom. The van der Waals surface area contributed by atoms with Crippen molar-refractivity contribution < 1.29 is 65.3 Å². The zero-order chi connectivity index (χ0) is 7.82. The molecule has 62 valence electrons. The van der Waals surface area contributed by atoms with Gasteiger partial charge in [0.1, 0.15) is 0 Å². The third kappa shape index (κ3) is 11.9. The molecule has 0 aromatic carbocycles. The Kier molecular flexibility index (Phi) is 16.7. The van der Waals surface area contributed by atoms with E-state index in [2.05, 4.69) is 0 Å². The first-order valence-electron chi connectivity index (χ1n) is 3.54. The van der Waals surface area contributed by atoms with Crippen molar-refractivity contribution in [2.75, 3.05) is 13.2 Å². The average molecular weight is 204 g/mol. The van der Waals surface area contributed by atoms with E-state index < -0.39 is 8.60 Å². The zero-order valence-corrected chi connectivity index (χ0v) is 11.5. The standard InChI is InChI=1S/C6H14O3P.K/c1-3-5-8-10(7)9-6-4-2;/h3-6H2,1-2H3;/q-1;+1. The molecular formula is C6H14KO3P. The predicted molar refractivity (Wildman–Crippen MR) is 39.4 cm³/mol. The largest absolute Gasteiger partial charge is 1.00 e. The topological polar surface area (TPSA) is 41.5 Å². The molecule has 0 atom stereocenters. The van der Waals surface area contributed by atoms with Crippen LogP contribution in [0, 0.1) is 0 Å². The van der Waals surface area contributed by atoms with Crippen LogP contribution in [-0.4, -0.2) is 13.2 Å². The summed E-state index contributed by atoms with van der Waals surface area (Å²) >= 11 is 0. The summed E-state index contributed by atoms with van der Waals surface area (Å²) in [7, 11) is -1.84. The molecule has 0 unspecified atom stereocenters. The molecule has 5 heteroatoms. The first-order chi connectivity index (χ1) is 4.81. The monoisotopic (exact) mass is 204 g/mol. The third-order valence-corrected chi connectivity index (χ3v) is 1.59. The van der Waals surface area contributed by atoms with Crippen LogP contribution in [0.2, 0.25) is 0 Å². The Labute approximate surface area is 112 Å². The van der Waals surface area contributed by atoms with Gasteiger partial charge in [-0.3, -0.25) is 0 Å². The average Bonchev–Trinajstić information content (AvgIpc) is 1.97. The second-order valence-corrected chi connectivity index (χ2v) is 2.85. The number of hydrogen-bond acceptors (Lipinski definition) is 3. The molecule has 0 rings (SSSR count). The van der Waals surface area contributed by atoms with Crippen molar-refractivity contribution in [2.45, 2.75) is 26.7 Å². The maximum Gasteiger partial charge on any atom is 1.00 e. The Morgan fingerprint density at radius 3 is 1.73 bits per heavy atom. The molecule has 0 radical (unpaired) electrons. The maximum atomic E-state index is 10.7.